The van der Waals surface area contributed by atoms with Crippen LogP contribution < -0.4 is 5.32 Å². The maximum Gasteiger partial charge on any atom is 0.407 e. The number of alkyl carbamates (subject to hydrolysis) is 1. The van der Waals surface area contributed by atoms with Crippen molar-refractivity contribution in [3.8, 4) is 0 Å². The van der Waals surface area contributed by atoms with Crippen LogP contribution in [0.2, 0.25) is 0 Å². The molecule has 0 aromatic carbocycles. The first-order chi connectivity index (χ1) is 9.28. The molecule has 0 saturated heterocycles. The highest BCUT2D eigenvalue weighted by molar-refractivity contribution is 5.68. The molecule has 0 aromatic heterocycles. The van der Waals surface area contributed by atoms with Gasteiger partial charge in [0.25, 0.3) is 0 Å². The topological polar surface area (TPSA) is 81.5 Å². The van der Waals surface area contributed by atoms with E-state index in [4.69, 9.17) is 4.74 Å². The van der Waals surface area contributed by atoms with Crippen LogP contribution in [0.5, 0.6) is 0 Å². The van der Waals surface area contributed by atoms with Gasteiger partial charge in [0.05, 0.1) is 0 Å². The van der Waals surface area contributed by atoms with Crippen LogP contribution in [-0.4, -0.2) is 28.7 Å². The summed E-state index contributed by atoms with van der Waals surface area (Å²) in [6.07, 6.45) is 7.26. The van der Waals surface area contributed by atoms with E-state index < -0.39 is 5.60 Å². The molecule has 2 aliphatic carbocycles. The van der Waals surface area contributed by atoms with Gasteiger partial charge in [-0.1, -0.05) is 19.3 Å². The quantitative estimate of drug-likeness (QED) is 0.624. The Bertz CT molecular complexity index is 329. The van der Waals surface area contributed by atoms with Gasteiger partial charge in [0.2, 0.25) is 6.04 Å². The normalized spacial score (nSPS) is 19.6. The first kappa shape index (κ1) is 16.7. The zero-order valence-corrected chi connectivity index (χ0v) is 12.7. The lowest BCUT2D eigenvalue weighted by Crippen LogP contribution is -2.39. The van der Waals surface area contributed by atoms with Crippen LogP contribution >= 0.6 is 0 Å². The predicted molar refractivity (Wildman–Crippen MR) is 76.3 cm³/mol. The van der Waals surface area contributed by atoms with Crippen molar-refractivity contribution in [3.05, 3.63) is 10.1 Å². The van der Waals surface area contributed by atoms with Crippen LogP contribution in [0.25, 0.3) is 0 Å². The van der Waals surface area contributed by atoms with E-state index in [1.54, 1.807) is 0 Å². The number of carbonyl (C=O) groups is 1. The Morgan fingerprint density at radius 2 is 1.70 bits per heavy atom. The molecule has 0 bridgehead atoms. The number of hydrogen-bond acceptors (Lipinski definition) is 4. The van der Waals surface area contributed by atoms with E-state index in [2.05, 4.69) is 5.32 Å². The number of carbonyl (C=O) groups excluding carboxylic acids is 1. The molecule has 2 saturated carbocycles. The number of ether oxygens (including phenoxy) is 1. The average molecular weight is 286 g/mol. The molecule has 0 atom stereocenters. The van der Waals surface area contributed by atoms with E-state index in [0.717, 1.165) is 25.7 Å². The number of nitrogens with one attached hydrogen (secondary N) is 1. The van der Waals surface area contributed by atoms with Gasteiger partial charge in [0, 0.05) is 23.8 Å². The van der Waals surface area contributed by atoms with Gasteiger partial charge >= 0.3 is 6.09 Å². The van der Waals surface area contributed by atoms with Crippen molar-refractivity contribution in [1.82, 2.24) is 5.32 Å². The maximum absolute atomic E-state index is 11.4. The molecule has 1 amide bonds. The number of rotatable bonds is 2. The van der Waals surface area contributed by atoms with Gasteiger partial charge in [-0.2, -0.15) is 0 Å². The van der Waals surface area contributed by atoms with Crippen LogP contribution in [0.15, 0.2) is 0 Å². The van der Waals surface area contributed by atoms with E-state index in [-0.39, 0.29) is 17.1 Å². The Kier molecular flexibility index (Phi) is 6.23. The third kappa shape index (κ3) is 7.96. The van der Waals surface area contributed by atoms with Crippen molar-refractivity contribution in [3.63, 3.8) is 0 Å². The summed E-state index contributed by atoms with van der Waals surface area (Å²) in [4.78, 5) is 20.7. The molecular weight excluding hydrogens is 260 g/mol. The Morgan fingerprint density at radius 3 is 2.05 bits per heavy atom. The van der Waals surface area contributed by atoms with E-state index in [1.807, 2.05) is 20.8 Å². The minimum absolute atomic E-state index is 0.176. The second kappa shape index (κ2) is 7.45. The number of amides is 1. The van der Waals surface area contributed by atoms with Gasteiger partial charge in [-0.3, -0.25) is 10.1 Å². The highest BCUT2D eigenvalue weighted by Gasteiger charge is 2.33. The molecule has 2 rings (SSSR count). The zero-order valence-electron chi connectivity index (χ0n) is 12.7. The Balaban J connectivity index is 0.000000276. The fourth-order valence-corrected chi connectivity index (χ4v) is 2.01. The van der Waals surface area contributed by atoms with Crippen LogP contribution in [0.3, 0.4) is 0 Å². The number of hydrogen-bond donors (Lipinski definition) is 1. The fourth-order valence-electron chi connectivity index (χ4n) is 2.01. The first-order valence-electron chi connectivity index (χ1n) is 7.41. The lowest BCUT2D eigenvalue weighted by Gasteiger charge is -2.25. The van der Waals surface area contributed by atoms with Crippen molar-refractivity contribution in [2.24, 2.45) is 0 Å². The Hall–Kier alpha value is -1.33. The summed E-state index contributed by atoms with van der Waals surface area (Å²) in [5.41, 5.74) is -0.390. The summed E-state index contributed by atoms with van der Waals surface area (Å²) in [7, 11) is 0. The van der Waals surface area contributed by atoms with Crippen molar-refractivity contribution < 1.29 is 14.5 Å². The maximum atomic E-state index is 11.4. The molecule has 0 heterocycles. The summed E-state index contributed by atoms with van der Waals surface area (Å²) in [6.45, 7) is 5.65. The Morgan fingerprint density at radius 1 is 1.15 bits per heavy atom. The first-order valence-corrected chi connectivity index (χ1v) is 7.41. The molecule has 0 aromatic rings. The zero-order chi connectivity index (χ0) is 15.2. The van der Waals surface area contributed by atoms with Crippen LogP contribution in [0, 0.1) is 10.1 Å². The molecule has 0 radical (unpaired) electrons. The van der Waals surface area contributed by atoms with E-state index in [0.29, 0.717) is 6.04 Å². The SMILES string of the molecule is CC(C)(C)OC(=O)NC1CCCCC1.O=[N+]([O-])C1CC1. The minimum atomic E-state index is -0.390. The Labute approximate surface area is 120 Å². The van der Waals surface area contributed by atoms with Gasteiger partial charge < -0.3 is 10.1 Å². The van der Waals surface area contributed by atoms with Crippen molar-refractivity contribution in [2.45, 2.75) is 83.4 Å². The smallest absolute Gasteiger partial charge is 0.407 e. The van der Waals surface area contributed by atoms with E-state index >= 15 is 0 Å². The third-order valence-electron chi connectivity index (χ3n) is 3.17. The number of nitrogens with zero attached hydrogens (tertiary/aromatic N) is 1. The summed E-state index contributed by atoms with van der Waals surface area (Å²) < 4.78 is 5.19. The average Bonchev–Trinajstić information content (AvgIpc) is 3.11. The van der Waals surface area contributed by atoms with E-state index in [9.17, 15) is 14.9 Å². The molecule has 0 aliphatic heterocycles. The molecule has 6 heteroatoms. The van der Waals surface area contributed by atoms with Gasteiger partial charge in [-0.15, -0.1) is 0 Å². The molecule has 116 valence electrons. The van der Waals surface area contributed by atoms with Gasteiger partial charge in [0.15, 0.2) is 0 Å². The third-order valence-corrected chi connectivity index (χ3v) is 3.17. The molecular formula is C14H26N2O4. The fraction of sp³-hybridized carbons (Fsp3) is 0.929. The van der Waals surface area contributed by atoms with Crippen LogP contribution in [0.4, 0.5) is 4.79 Å². The summed E-state index contributed by atoms with van der Waals surface area (Å²) in [6, 6.07) is 0.156. The molecule has 0 unspecified atom stereocenters. The largest absolute Gasteiger partial charge is 0.444 e. The summed E-state index contributed by atoms with van der Waals surface area (Å²) in [5.74, 6) is 0. The van der Waals surface area contributed by atoms with Gasteiger partial charge in [-0.05, 0) is 33.6 Å². The van der Waals surface area contributed by atoms with Crippen LogP contribution in [-0.2, 0) is 4.74 Å². The van der Waals surface area contributed by atoms with Crippen molar-refractivity contribution in [1.29, 1.82) is 0 Å². The second-order valence-corrected chi connectivity index (χ2v) is 6.50. The summed E-state index contributed by atoms with van der Waals surface area (Å²) >= 11 is 0. The van der Waals surface area contributed by atoms with Gasteiger partial charge in [0.1, 0.15) is 5.60 Å². The monoisotopic (exact) mass is 286 g/mol. The number of nitro groups is 1. The van der Waals surface area contributed by atoms with Gasteiger partial charge in [-0.25, -0.2) is 4.79 Å². The molecule has 2 fully saturated rings. The summed E-state index contributed by atoms with van der Waals surface area (Å²) in [5, 5.41) is 12.5. The molecule has 20 heavy (non-hydrogen) atoms. The molecule has 6 nitrogen and oxygen atoms in total. The van der Waals surface area contributed by atoms with Crippen LogP contribution in [0.1, 0.15) is 65.7 Å². The molecule has 1 N–H and O–H groups in total. The molecule has 0 spiro atoms. The lowest BCUT2D eigenvalue weighted by molar-refractivity contribution is -0.494. The highest BCUT2D eigenvalue weighted by Crippen LogP contribution is 2.21. The standard InChI is InChI=1S/C11H21NO2.C3H5NO2/c1-11(2,3)14-10(13)12-9-7-5-4-6-8-9;5-4(6)3-1-2-3/h9H,4-8H2,1-3H3,(H,12,13);3H,1-2H2. The highest BCUT2D eigenvalue weighted by atomic mass is 16.6. The van der Waals surface area contributed by atoms with Crippen molar-refractivity contribution in [2.75, 3.05) is 0 Å². The second-order valence-electron chi connectivity index (χ2n) is 6.50. The minimum Gasteiger partial charge on any atom is -0.444 e. The van der Waals surface area contributed by atoms with E-state index in [1.165, 1.54) is 19.3 Å². The molecule has 2 aliphatic rings. The lowest BCUT2D eigenvalue weighted by atomic mass is 9.96. The van der Waals surface area contributed by atoms with Crippen molar-refractivity contribution >= 4 is 6.09 Å². The predicted octanol–water partition coefficient (Wildman–Crippen LogP) is 3.27.